The van der Waals surface area contributed by atoms with Gasteiger partial charge in [-0.1, -0.05) is 29.8 Å². The highest BCUT2D eigenvalue weighted by atomic mass is 32.2. The van der Waals surface area contributed by atoms with Gasteiger partial charge < -0.3 is 5.32 Å². The summed E-state index contributed by atoms with van der Waals surface area (Å²) in [5.74, 6) is -0.427. The fourth-order valence-corrected chi connectivity index (χ4v) is 2.86. The molecule has 2 aromatic carbocycles. The molecule has 1 amide bonds. The highest BCUT2D eigenvalue weighted by Crippen LogP contribution is 2.27. The van der Waals surface area contributed by atoms with Crippen LogP contribution < -0.4 is 5.32 Å². The van der Waals surface area contributed by atoms with Crippen LogP contribution in [0.2, 0.25) is 0 Å². The molecule has 0 fully saturated rings. The number of carbonyl (C=O) groups is 1. The van der Waals surface area contributed by atoms with E-state index in [4.69, 9.17) is 0 Å². The van der Waals surface area contributed by atoms with Crippen molar-refractivity contribution in [1.82, 2.24) is 0 Å². The first-order valence-corrected chi connectivity index (χ1v) is 7.64. The van der Waals surface area contributed by atoms with E-state index < -0.39 is 0 Å². The van der Waals surface area contributed by atoms with Gasteiger partial charge >= 0.3 is 0 Å². The molecule has 0 aliphatic rings. The molecular weight excluding hydrogens is 285 g/mol. The van der Waals surface area contributed by atoms with Gasteiger partial charge in [0.25, 0.3) is 0 Å². The van der Waals surface area contributed by atoms with E-state index in [1.54, 1.807) is 25.1 Å². The molecule has 2 nitrogen and oxygen atoms in total. The quantitative estimate of drug-likeness (QED) is 0.839. The molecule has 0 aliphatic carbocycles. The minimum absolute atomic E-state index is 0.129. The summed E-state index contributed by atoms with van der Waals surface area (Å²) in [7, 11) is 0. The van der Waals surface area contributed by atoms with Gasteiger partial charge in [0.2, 0.25) is 5.91 Å². The zero-order valence-electron chi connectivity index (χ0n) is 12.3. The number of halogens is 1. The summed E-state index contributed by atoms with van der Waals surface area (Å²) >= 11 is 1.22. The Hall–Kier alpha value is -1.81. The number of amides is 1. The summed E-state index contributed by atoms with van der Waals surface area (Å²) in [4.78, 5) is 12.7. The summed E-state index contributed by atoms with van der Waals surface area (Å²) in [6, 6.07) is 12.3. The zero-order chi connectivity index (χ0) is 15.4. The Morgan fingerprint density at radius 1 is 1.19 bits per heavy atom. The average molecular weight is 303 g/mol. The molecule has 0 aromatic heterocycles. The minimum atomic E-state index is -0.373. The fraction of sp³-hybridized carbons (Fsp3) is 0.235. The van der Waals surface area contributed by atoms with E-state index in [9.17, 15) is 9.18 Å². The van der Waals surface area contributed by atoms with Gasteiger partial charge in [-0.05, 0) is 44.5 Å². The van der Waals surface area contributed by atoms with Crippen LogP contribution in [-0.4, -0.2) is 11.2 Å². The molecule has 2 aromatic rings. The molecule has 0 radical (unpaired) electrons. The van der Waals surface area contributed by atoms with Gasteiger partial charge in [-0.25, -0.2) is 4.39 Å². The van der Waals surface area contributed by atoms with Crippen LogP contribution in [-0.2, 0) is 4.79 Å². The highest BCUT2D eigenvalue weighted by molar-refractivity contribution is 8.00. The van der Waals surface area contributed by atoms with Gasteiger partial charge in [0.1, 0.15) is 5.82 Å². The Kier molecular flexibility index (Phi) is 5.02. The van der Waals surface area contributed by atoms with Crippen LogP contribution in [0.4, 0.5) is 10.1 Å². The molecule has 0 aliphatic heterocycles. The summed E-state index contributed by atoms with van der Waals surface area (Å²) in [5.41, 5.74) is 2.97. The van der Waals surface area contributed by atoms with Crippen molar-refractivity contribution < 1.29 is 9.18 Å². The lowest BCUT2D eigenvalue weighted by Crippen LogP contribution is -2.23. The third-order valence-corrected chi connectivity index (χ3v) is 4.30. The molecule has 4 heteroatoms. The molecule has 0 saturated heterocycles. The maximum Gasteiger partial charge on any atom is 0.237 e. The Morgan fingerprint density at radius 2 is 1.90 bits per heavy atom. The second-order valence-electron chi connectivity index (χ2n) is 5.00. The van der Waals surface area contributed by atoms with Gasteiger partial charge in [0.05, 0.1) is 5.25 Å². The van der Waals surface area contributed by atoms with Crippen molar-refractivity contribution in [1.29, 1.82) is 0 Å². The molecule has 1 atom stereocenters. The van der Waals surface area contributed by atoms with E-state index in [1.165, 1.54) is 17.8 Å². The largest absolute Gasteiger partial charge is 0.325 e. The number of carbonyl (C=O) groups excluding carboxylic acids is 1. The lowest BCUT2D eigenvalue weighted by atomic mass is 10.1. The number of aryl methyl sites for hydroxylation is 2. The number of hydrogen-bond donors (Lipinski definition) is 1. The third-order valence-electron chi connectivity index (χ3n) is 3.15. The number of anilines is 1. The fourth-order valence-electron chi connectivity index (χ4n) is 1.97. The summed E-state index contributed by atoms with van der Waals surface area (Å²) < 4.78 is 13.6. The van der Waals surface area contributed by atoms with E-state index >= 15 is 0 Å². The Balaban J connectivity index is 2.04. The second-order valence-corrected chi connectivity index (χ2v) is 6.38. The lowest BCUT2D eigenvalue weighted by molar-refractivity contribution is -0.115. The Bertz CT molecular complexity index is 657. The number of nitrogens with one attached hydrogen (secondary N) is 1. The first-order chi connectivity index (χ1) is 9.97. The third kappa shape index (κ3) is 4.08. The predicted molar refractivity (Wildman–Crippen MR) is 86.3 cm³/mol. The number of thioether (sulfide) groups is 1. The van der Waals surface area contributed by atoms with Crippen molar-refractivity contribution in [2.24, 2.45) is 0 Å². The topological polar surface area (TPSA) is 29.1 Å². The van der Waals surface area contributed by atoms with Crippen LogP contribution in [0, 0.1) is 19.7 Å². The van der Waals surface area contributed by atoms with Crippen LogP contribution in [0.3, 0.4) is 0 Å². The molecule has 2 rings (SSSR count). The van der Waals surface area contributed by atoms with Crippen LogP contribution in [0.5, 0.6) is 0 Å². The van der Waals surface area contributed by atoms with E-state index in [1.807, 2.05) is 32.0 Å². The van der Waals surface area contributed by atoms with E-state index in [2.05, 4.69) is 5.32 Å². The van der Waals surface area contributed by atoms with Crippen molar-refractivity contribution in [3.63, 3.8) is 0 Å². The highest BCUT2D eigenvalue weighted by Gasteiger charge is 2.17. The van der Waals surface area contributed by atoms with Crippen LogP contribution >= 0.6 is 11.8 Å². The predicted octanol–water partition coefficient (Wildman–Crippen LogP) is 4.56. The van der Waals surface area contributed by atoms with Crippen molar-refractivity contribution in [3.05, 3.63) is 59.4 Å². The van der Waals surface area contributed by atoms with Gasteiger partial charge in [0.15, 0.2) is 0 Å². The second kappa shape index (κ2) is 6.76. The van der Waals surface area contributed by atoms with Crippen molar-refractivity contribution in [2.45, 2.75) is 30.9 Å². The number of rotatable bonds is 4. The number of benzene rings is 2. The molecule has 0 heterocycles. The number of hydrogen-bond acceptors (Lipinski definition) is 2. The summed E-state index contributed by atoms with van der Waals surface area (Å²) in [6.45, 7) is 5.74. The van der Waals surface area contributed by atoms with Gasteiger partial charge in [-0.3, -0.25) is 4.79 Å². The van der Waals surface area contributed by atoms with Crippen LogP contribution in [0.1, 0.15) is 18.1 Å². The molecular formula is C17H18FNOS. The SMILES string of the molecule is Cc1ccc(NC(=O)[C@@H](C)Sc2ccccc2F)c(C)c1. The van der Waals surface area contributed by atoms with Gasteiger partial charge in [-0.2, -0.15) is 0 Å². The first-order valence-electron chi connectivity index (χ1n) is 6.76. The van der Waals surface area contributed by atoms with E-state index in [0.717, 1.165) is 16.8 Å². The average Bonchev–Trinajstić information content (AvgIpc) is 2.44. The molecule has 0 unspecified atom stereocenters. The molecule has 0 spiro atoms. The smallest absolute Gasteiger partial charge is 0.237 e. The molecule has 1 N–H and O–H groups in total. The van der Waals surface area contributed by atoms with Crippen molar-refractivity contribution in [2.75, 3.05) is 5.32 Å². The maximum atomic E-state index is 13.6. The summed E-state index contributed by atoms with van der Waals surface area (Å²) in [5, 5.41) is 2.52. The zero-order valence-corrected chi connectivity index (χ0v) is 13.1. The minimum Gasteiger partial charge on any atom is -0.325 e. The summed E-state index contributed by atoms with van der Waals surface area (Å²) in [6.07, 6.45) is 0. The van der Waals surface area contributed by atoms with Crippen molar-refractivity contribution >= 4 is 23.4 Å². The lowest BCUT2D eigenvalue weighted by Gasteiger charge is -2.14. The van der Waals surface area contributed by atoms with Gasteiger partial charge in [0, 0.05) is 10.6 Å². The molecule has 21 heavy (non-hydrogen) atoms. The molecule has 0 bridgehead atoms. The first kappa shape index (κ1) is 15.6. The Morgan fingerprint density at radius 3 is 2.57 bits per heavy atom. The van der Waals surface area contributed by atoms with E-state index in [-0.39, 0.29) is 17.0 Å². The van der Waals surface area contributed by atoms with Crippen LogP contribution in [0.15, 0.2) is 47.4 Å². The van der Waals surface area contributed by atoms with E-state index in [0.29, 0.717) is 4.90 Å². The Labute approximate surface area is 128 Å². The standard InChI is InChI=1S/C17H18FNOS/c1-11-8-9-15(12(2)10-11)19-17(20)13(3)21-16-7-5-4-6-14(16)18/h4-10,13H,1-3H3,(H,19,20)/t13-/m1/s1. The van der Waals surface area contributed by atoms with Gasteiger partial charge in [-0.15, -0.1) is 11.8 Å². The molecule has 0 saturated carbocycles. The normalized spacial score (nSPS) is 12.0. The monoisotopic (exact) mass is 303 g/mol. The van der Waals surface area contributed by atoms with Crippen molar-refractivity contribution in [3.8, 4) is 0 Å². The maximum absolute atomic E-state index is 13.6. The van der Waals surface area contributed by atoms with Crippen LogP contribution in [0.25, 0.3) is 0 Å². The molecule has 110 valence electrons.